The standard InChI is InChI=1S/C22H34N4O2.2ClH/c23-16-22(9-2-1-3-10-22)14-20(27)25-19-6-4-5-17(13-19)15-26-11-7-18(8-12-26)21(24)28;;/h4-6,13,18H,1-3,7-12,14-16,23H2,(H2,24,28)(H,25,27);2*1H. The molecule has 1 aromatic rings. The Morgan fingerprint density at radius 2 is 1.77 bits per heavy atom. The smallest absolute Gasteiger partial charge is 0.224 e. The molecule has 1 aliphatic heterocycles. The summed E-state index contributed by atoms with van der Waals surface area (Å²) in [6.07, 6.45) is 7.87. The molecule has 0 radical (unpaired) electrons. The lowest BCUT2D eigenvalue weighted by Crippen LogP contribution is -2.38. The van der Waals surface area contributed by atoms with Crippen molar-refractivity contribution >= 4 is 42.3 Å². The summed E-state index contributed by atoms with van der Waals surface area (Å²) in [5.41, 5.74) is 13.4. The minimum atomic E-state index is -0.183. The van der Waals surface area contributed by atoms with Crippen LogP contribution in [0.4, 0.5) is 5.69 Å². The molecular weight excluding hydrogens is 423 g/mol. The molecule has 170 valence electrons. The molecule has 5 N–H and O–H groups in total. The second-order valence-electron chi connectivity index (χ2n) is 8.64. The van der Waals surface area contributed by atoms with Crippen molar-refractivity contribution in [3.05, 3.63) is 29.8 Å². The van der Waals surface area contributed by atoms with Gasteiger partial charge in [-0.15, -0.1) is 24.8 Å². The number of nitrogens with zero attached hydrogens (tertiary/aromatic N) is 1. The Bertz CT molecular complexity index is 687. The molecule has 6 nitrogen and oxygen atoms in total. The van der Waals surface area contributed by atoms with Crippen LogP contribution >= 0.6 is 24.8 Å². The fourth-order valence-electron chi connectivity index (χ4n) is 4.68. The SMILES string of the molecule is Cl.Cl.NCC1(CC(=O)Nc2cccc(CN3CCC(C(N)=O)CC3)c2)CCCCC1. The van der Waals surface area contributed by atoms with Gasteiger partial charge >= 0.3 is 0 Å². The van der Waals surface area contributed by atoms with E-state index >= 15 is 0 Å². The van der Waals surface area contributed by atoms with Crippen LogP contribution < -0.4 is 16.8 Å². The summed E-state index contributed by atoms with van der Waals surface area (Å²) in [5.74, 6) is -0.110. The number of halogens is 2. The largest absolute Gasteiger partial charge is 0.369 e. The molecule has 1 aliphatic carbocycles. The lowest BCUT2D eigenvalue weighted by Gasteiger charge is -2.35. The number of nitrogens with one attached hydrogen (secondary N) is 1. The zero-order valence-electron chi connectivity index (χ0n) is 17.6. The molecule has 2 aliphatic rings. The van der Waals surface area contributed by atoms with E-state index in [1.165, 1.54) is 24.8 Å². The van der Waals surface area contributed by atoms with Gasteiger partial charge in [0.15, 0.2) is 0 Å². The summed E-state index contributed by atoms with van der Waals surface area (Å²) in [6, 6.07) is 8.06. The average molecular weight is 459 g/mol. The minimum absolute atomic E-state index is 0. The van der Waals surface area contributed by atoms with Crippen molar-refractivity contribution in [2.75, 3.05) is 25.0 Å². The van der Waals surface area contributed by atoms with Gasteiger partial charge in [0.2, 0.25) is 11.8 Å². The van der Waals surface area contributed by atoms with Gasteiger partial charge in [-0.3, -0.25) is 14.5 Å². The maximum atomic E-state index is 12.6. The van der Waals surface area contributed by atoms with Crippen molar-refractivity contribution in [2.24, 2.45) is 22.8 Å². The highest BCUT2D eigenvalue weighted by molar-refractivity contribution is 5.91. The van der Waals surface area contributed by atoms with Crippen LogP contribution in [0.3, 0.4) is 0 Å². The first-order chi connectivity index (χ1) is 13.5. The van der Waals surface area contributed by atoms with E-state index in [0.717, 1.165) is 51.0 Å². The number of carbonyl (C=O) groups is 2. The molecule has 0 spiro atoms. The van der Waals surface area contributed by atoms with Crippen molar-refractivity contribution in [1.82, 2.24) is 4.90 Å². The zero-order valence-corrected chi connectivity index (χ0v) is 19.2. The molecule has 0 aromatic heterocycles. The fraction of sp³-hybridized carbons (Fsp3) is 0.636. The fourth-order valence-corrected chi connectivity index (χ4v) is 4.68. The van der Waals surface area contributed by atoms with Crippen molar-refractivity contribution in [1.29, 1.82) is 0 Å². The van der Waals surface area contributed by atoms with E-state index in [0.29, 0.717) is 13.0 Å². The molecule has 1 heterocycles. The molecule has 2 fully saturated rings. The van der Waals surface area contributed by atoms with E-state index in [9.17, 15) is 9.59 Å². The monoisotopic (exact) mass is 458 g/mol. The number of carbonyl (C=O) groups excluding carboxylic acids is 2. The molecule has 30 heavy (non-hydrogen) atoms. The number of primary amides is 1. The summed E-state index contributed by atoms with van der Waals surface area (Å²) < 4.78 is 0. The zero-order chi connectivity index (χ0) is 20.0. The van der Waals surface area contributed by atoms with Crippen LogP contribution in [0.1, 0.15) is 56.9 Å². The Kier molecular flexibility index (Phi) is 11.1. The van der Waals surface area contributed by atoms with E-state index in [-0.39, 0.29) is 48.0 Å². The first-order valence-electron chi connectivity index (χ1n) is 10.6. The molecule has 3 rings (SSSR count). The molecule has 1 aromatic carbocycles. The molecular formula is C22H36Cl2N4O2. The molecule has 1 saturated heterocycles. The number of hydrogen-bond donors (Lipinski definition) is 3. The van der Waals surface area contributed by atoms with Gasteiger partial charge in [-0.2, -0.15) is 0 Å². The number of rotatable bonds is 7. The predicted octanol–water partition coefficient (Wildman–Crippen LogP) is 3.47. The van der Waals surface area contributed by atoms with Crippen molar-refractivity contribution in [3.8, 4) is 0 Å². The first kappa shape index (κ1) is 26.7. The average Bonchev–Trinajstić information content (AvgIpc) is 2.69. The number of hydrogen-bond acceptors (Lipinski definition) is 4. The number of nitrogens with two attached hydrogens (primary N) is 2. The van der Waals surface area contributed by atoms with E-state index in [1.807, 2.05) is 18.2 Å². The lowest BCUT2D eigenvalue weighted by atomic mass is 9.71. The normalized spacial score (nSPS) is 19.2. The lowest BCUT2D eigenvalue weighted by molar-refractivity contribution is -0.123. The minimum Gasteiger partial charge on any atom is -0.369 e. The van der Waals surface area contributed by atoms with Gasteiger partial charge in [-0.1, -0.05) is 31.4 Å². The highest BCUT2D eigenvalue weighted by atomic mass is 35.5. The molecule has 2 amide bonds. The Hall–Kier alpha value is -1.34. The Morgan fingerprint density at radius 3 is 2.37 bits per heavy atom. The van der Waals surface area contributed by atoms with Crippen molar-refractivity contribution in [2.45, 2.75) is 57.9 Å². The van der Waals surface area contributed by atoms with Gasteiger partial charge < -0.3 is 16.8 Å². The van der Waals surface area contributed by atoms with Crippen LogP contribution in [0.15, 0.2) is 24.3 Å². The molecule has 1 saturated carbocycles. The topological polar surface area (TPSA) is 101 Å². The quantitative estimate of drug-likeness (QED) is 0.581. The molecule has 0 atom stereocenters. The van der Waals surface area contributed by atoms with Crippen LogP contribution in [0.5, 0.6) is 0 Å². The first-order valence-corrected chi connectivity index (χ1v) is 10.6. The predicted molar refractivity (Wildman–Crippen MR) is 126 cm³/mol. The van der Waals surface area contributed by atoms with Gasteiger partial charge in [-0.25, -0.2) is 0 Å². The van der Waals surface area contributed by atoms with Crippen LogP contribution in [-0.2, 0) is 16.1 Å². The van der Waals surface area contributed by atoms with Gasteiger partial charge in [0.1, 0.15) is 0 Å². The third-order valence-electron chi connectivity index (χ3n) is 6.49. The van der Waals surface area contributed by atoms with Crippen LogP contribution in [-0.4, -0.2) is 36.3 Å². The summed E-state index contributed by atoms with van der Waals surface area (Å²) >= 11 is 0. The third kappa shape index (κ3) is 7.41. The highest BCUT2D eigenvalue weighted by Gasteiger charge is 2.33. The van der Waals surface area contributed by atoms with Crippen LogP contribution in [0.25, 0.3) is 0 Å². The maximum Gasteiger partial charge on any atom is 0.224 e. The number of benzene rings is 1. The van der Waals surface area contributed by atoms with Crippen molar-refractivity contribution < 1.29 is 9.59 Å². The summed E-state index contributed by atoms with van der Waals surface area (Å²) in [6.45, 7) is 3.16. The van der Waals surface area contributed by atoms with E-state index < -0.39 is 0 Å². The van der Waals surface area contributed by atoms with Crippen LogP contribution in [0.2, 0.25) is 0 Å². The third-order valence-corrected chi connectivity index (χ3v) is 6.49. The highest BCUT2D eigenvalue weighted by Crippen LogP contribution is 2.38. The molecule has 0 bridgehead atoms. The van der Waals surface area contributed by atoms with Crippen molar-refractivity contribution in [3.63, 3.8) is 0 Å². The van der Waals surface area contributed by atoms with E-state index in [1.54, 1.807) is 0 Å². The number of likely N-dealkylation sites (tertiary alicyclic amines) is 1. The molecule has 8 heteroatoms. The van der Waals surface area contributed by atoms with E-state index in [4.69, 9.17) is 11.5 Å². The summed E-state index contributed by atoms with van der Waals surface area (Å²) in [5, 5.41) is 3.07. The second-order valence-corrected chi connectivity index (χ2v) is 8.64. The summed E-state index contributed by atoms with van der Waals surface area (Å²) in [4.78, 5) is 26.3. The number of piperidine rings is 1. The van der Waals surface area contributed by atoms with Crippen LogP contribution in [0, 0.1) is 11.3 Å². The van der Waals surface area contributed by atoms with E-state index in [2.05, 4.69) is 16.3 Å². The Labute approximate surface area is 192 Å². The maximum absolute atomic E-state index is 12.6. The Morgan fingerprint density at radius 1 is 1.10 bits per heavy atom. The van der Waals surface area contributed by atoms with Gasteiger partial charge in [-0.05, 0) is 68.4 Å². The molecule has 0 unspecified atom stereocenters. The van der Waals surface area contributed by atoms with Gasteiger partial charge in [0.05, 0.1) is 0 Å². The number of anilines is 1. The van der Waals surface area contributed by atoms with Gasteiger partial charge in [0, 0.05) is 24.6 Å². The summed E-state index contributed by atoms with van der Waals surface area (Å²) in [7, 11) is 0. The van der Waals surface area contributed by atoms with Gasteiger partial charge in [0.25, 0.3) is 0 Å². The number of amides is 2. The Balaban J connectivity index is 0.00000225. The second kappa shape index (κ2) is 12.5.